The van der Waals surface area contributed by atoms with Gasteiger partial charge in [0.05, 0.1) is 12.6 Å². The molecule has 0 radical (unpaired) electrons. The Morgan fingerprint density at radius 2 is 1.39 bits per heavy atom. The van der Waals surface area contributed by atoms with Crippen LogP contribution in [-0.4, -0.2) is 66.3 Å². The molecule has 10 nitrogen and oxygen atoms in total. The van der Waals surface area contributed by atoms with Crippen LogP contribution in [0.2, 0.25) is 0 Å². The minimum atomic E-state index is -1.08. The van der Waals surface area contributed by atoms with Crippen LogP contribution in [0.5, 0.6) is 0 Å². The smallest absolute Gasteiger partial charge is 0.243 e. The number of carbonyl (C=O) groups excluding carboxylic acids is 5. The molecule has 0 aliphatic carbocycles. The fraction of sp³-hybridized carbons (Fsp3) is 0.808. The molecule has 10 heteroatoms. The van der Waals surface area contributed by atoms with Crippen LogP contribution in [0.1, 0.15) is 86.5 Å². The molecule has 0 spiro atoms. The summed E-state index contributed by atoms with van der Waals surface area (Å²) in [6, 6.07) is -2.77. The molecule has 4 atom stereocenters. The molecular weight excluding hydrogens is 464 g/mol. The van der Waals surface area contributed by atoms with Crippen molar-refractivity contribution in [2.45, 2.75) is 105 Å². The van der Waals surface area contributed by atoms with Gasteiger partial charge < -0.3 is 26.4 Å². The monoisotopic (exact) mass is 512 g/mol. The summed E-state index contributed by atoms with van der Waals surface area (Å²) in [5.41, 5.74) is 0. The number of aliphatic hydroxyl groups is 1. The zero-order chi connectivity index (χ0) is 27.8. The predicted molar refractivity (Wildman–Crippen MR) is 139 cm³/mol. The number of carbonyl (C=O) groups is 5. The molecule has 0 aromatic rings. The zero-order valence-electron chi connectivity index (χ0n) is 23.1. The minimum Gasteiger partial charge on any atom is -0.396 e. The SMILES string of the molecule is CCCCCC(=O)NC(C(=O)NC(CCC(=O)NC)C(=O)NC(CC(C)C)C(=O)C(C)CO)C(C)C. The third kappa shape index (κ3) is 13.0. The van der Waals surface area contributed by atoms with Gasteiger partial charge in [0.2, 0.25) is 23.6 Å². The van der Waals surface area contributed by atoms with Crippen molar-refractivity contribution in [2.75, 3.05) is 13.7 Å². The lowest BCUT2D eigenvalue weighted by Crippen LogP contribution is -2.57. The molecule has 208 valence electrons. The highest BCUT2D eigenvalue weighted by molar-refractivity contribution is 5.95. The quantitative estimate of drug-likeness (QED) is 0.175. The number of amides is 4. The van der Waals surface area contributed by atoms with Crippen LogP contribution in [0.4, 0.5) is 0 Å². The van der Waals surface area contributed by atoms with Gasteiger partial charge in [0.1, 0.15) is 12.1 Å². The highest BCUT2D eigenvalue weighted by atomic mass is 16.3. The van der Waals surface area contributed by atoms with Gasteiger partial charge in [0.25, 0.3) is 0 Å². The maximum Gasteiger partial charge on any atom is 0.243 e. The number of ketones is 1. The predicted octanol–water partition coefficient (Wildman–Crippen LogP) is 1.45. The van der Waals surface area contributed by atoms with Crippen molar-refractivity contribution in [2.24, 2.45) is 17.8 Å². The number of hydrogen-bond acceptors (Lipinski definition) is 6. The first-order valence-corrected chi connectivity index (χ1v) is 13.1. The Morgan fingerprint density at radius 1 is 0.778 bits per heavy atom. The maximum atomic E-state index is 13.2. The Labute approximate surface area is 216 Å². The fourth-order valence-corrected chi connectivity index (χ4v) is 3.67. The summed E-state index contributed by atoms with van der Waals surface area (Å²) >= 11 is 0. The van der Waals surface area contributed by atoms with Crippen LogP contribution in [0.3, 0.4) is 0 Å². The minimum absolute atomic E-state index is 0.0135. The summed E-state index contributed by atoms with van der Waals surface area (Å²) in [4.78, 5) is 63.3. The Balaban J connectivity index is 5.64. The molecule has 36 heavy (non-hydrogen) atoms. The molecular formula is C26H48N4O6. The van der Waals surface area contributed by atoms with Crippen LogP contribution in [-0.2, 0) is 24.0 Å². The molecule has 0 aliphatic heterocycles. The van der Waals surface area contributed by atoms with Crippen LogP contribution in [0.15, 0.2) is 0 Å². The summed E-state index contributed by atoms with van der Waals surface area (Å²) in [5.74, 6) is -2.73. The van der Waals surface area contributed by atoms with E-state index < -0.39 is 35.9 Å². The third-order valence-electron chi connectivity index (χ3n) is 5.97. The van der Waals surface area contributed by atoms with Crippen molar-refractivity contribution in [1.82, 2.24) is 21.3 Å². The van der Waals surface area contributed by atoms with Gasteiger partial charge in [-0.05, 0) is 31.1 Å². The van der Waals surface area contributed by atoms with E-state index >= 15 is 0 Å². The molecule has 0 saturated heterocycles. The highest BCUT2D eigenvalue weighted by Gasteiger charge is 2.32. The molecule has 0 bridgehead atoms. The lowest BCUT2D eigenvalue weighted by Gasteiger charge is -2.27. The van der Waals surface area contributed by atoms with Gasteiger partial charge in [-0.1, -0.05) is 54.4 Å². The molecule has 0 heterocycles. The second-order valence-corrected chi connectivity index (χ2v) is 10.2. The van der Waals surface area contributed by atoms with Gasteiger partial charge in [-0.15, -0.1) is 0 Å². The molecule has 0 saturated carbocycles. The molecule has 0 fully saturated rings. The van der Waals surface area contributed by atoms with E-state index in [1.54, 1.807) is 20.8 Å². The first-order chi connectivity index (χ1) is 16.9. The van der Waals surface area contributed by atoms with Crippen molar-refractivity contribution >= 4 is 29.4 Å². The van der Waals surface area contributed by atoms with E-state index in [2.05, 4.69) is 21.3 Å². The van der Waals surface area contributed by atoms with E-state index in [1.807, 2.05) is 20.8 Å². The van der Waals surface area contributed by atoms with Crippen LogP contribution < -0.4 is 21.3 Å². The van der Waals surface area contributed by atoms with Crippen molar-refractivity contribution in [3.63, 3.8) is 0 Å². The van der Waals surface area contributed by atoms with Gasteiger partial charge in [0, 0.05) is 25.8 Å². The summed E-state index contributed by atoms with van der Waals surface area (Å²) in [5, 5.41) is 20.1. The number of Topliss-reactive ketones (excluding diaryl/α,β-unsaturated/α-hetero) is 1. The van der Waals surface area contributed by atoms with Gasteiger partial charge in [-0.2, -0.15) is 0 Å². The number of hydrogen-bond donors (Lipinski definition) is 5. The average molecular weight is 513 g/mol. The average Bonchev–Trinajstić information content (AvgIpc) is 2.82. The van der Waals surface area contributed by atoms with Crippen molar-refractivity contribution < 1.29 is 29.1 Å². The Hall–Kier alpha value is -2.49. The number of rotatable bonds is 18. The normalized spacial score (nSPS) is 14.5. The van der Waals surface area contributed by atoms with Gasteiger partial charge in [0.15, 0.2) is 5.78 Å². The number of unbranched alkanes of at least 4 members (excludes halogenated alkanes) is 2. The zero-order valence-corrected chi connectivity index (χ0v) is 23.1. The molecule has 0 rings (SSSR count). The second-order valence-electron chi connectivity index (χ2n) is 10.2. The third-order valence-corrected chi connectivity index (χ3v) is 5.97. The van der Waals surface area contributed by atoms with E-state index in [0.717, 1.165) is 19.3 Å². The summed E-state index contributed by atoms with van der Waals surface area (Å²) in [6.07, 6.45) is 3.30. The summed E-state index contributed by atoms with van der Waals surface area (Å²) < 4.78 is 0. The first-order valence-electron chi connectivity index (χ1n) is 13.1. The number of nitrogens with one attached hydrogen (secondary N) is 4. The Kier molecular flexibility index (Phi) is 16.6. The van der Waals surface area contributed by atoms with Gasteiger partial charge in [-0.25, -0.2) is 0 Å². The molecule has 5 N–H and O–H groups in total. The lowest BCUT2D eigenvalue weighted by atomic mass is 9.93. The van der Waals surface area contributed by atoms with E-state index in [-0.39, 0.29) is 48.9 Å². The van der Waals surface area contributed by atoms with Gasteiger partial charge in [-0.3, -0.25) is 24.0 Å². The Bertz CT molecular complexity index is 725. The second kappa shape index (κ2) is 17.9. The van der Waals surface area contributed by atoms with E-state index in [0.29, 0.717) is 12.8 Å². The molecule has 4 unspecified atom stereocenters. The van der Waals surface area contributed by atoms with E-state index in [9.17, 15) is 29.1 Å². The highest BCUT2D eigenvalue weighted by Crippen LogP contribution is 2.12. The number of aliphatic hydroxyl groups excluding tert-OH is 1. The van der Waals surface area contributed by atoms with Crippen LogP contribution in [0.25, 0.3) is 0 Å². The Morgan fingerprint density at radius 3 is 1.89 bits per heavy atom. The first kappa shape index (κ1) is 33.5. The lowest BCUT2D eigenvalue weighted by molar-refractivity contribution is -0.135. The van der Waals surface area contributed by atoms with Crippen molar-refractivity contribution in [3.8, 4) is 0 Å². The van der Waals surface area contributed by atoms with E-state index in [4.69, 9.17) is 0 Å². The summed E-state index contributed by atoms with van der Waals surface area (Å²) in [7, 11) is 1.48. The largest absolute Gasteiger partial charge is 0.396 e. The fourth-order valence-electron chi connectivity index (χ4n) is 3.67. The van der Waals surface area contributed by atoms with Gasteiger partial charge >= 0.3 is 0 Å². The standard InChI is InChI=1S/C26H48N4O6/c1-8-9-10-11-22(33)30-23(17(4)5)26(36)28-19(12-13-21(32)27-7)25(35)29-20(14-16(2)3)24(34)18(6)15-31/h16-20,23,31H,8-15H2,1-7H3,(H,27,32)(H,28,36)(H,29,35)(H,30,33). The van der Waals surface area contributed by atoms with E-state index in [1.165, 1.54) is 7.05 Å². The topological polar surface area (TPSA) is 154 Å². The molecule has 0 aliphatic rings. The summed E-state index contributed by atoms with van der Waals surface area (Å²) in [6.45, 7) is 10.7. The molecule has 0 aromatic carbocycles. The molecule has 4 amide bonds. The van der Waals surface area contributed by atoms with Crippen LogP contribution in [0, 0.1) is 17.8 Å². The molecule has 0 aromatic heterocycles. The van der Waals surface area contributed by atoms with Crippen LogP contribution >= 0.6 is 0 Å². The van der Waals surface area contributed by atoms with Crippen molar-refractivity contribution in [3.05, 3.63) is 0 Å². The van der Waals surface area contributed by atoms with Crippen molar-refractivity contribution in [1.29, 1.82) is 0 Å². The maximum absolute atomic E-state index is 13.2.